The number of amides is 2. The fraction of sp³-hybridized carbons (Fsp3) is 0.238. The van der Waals surface area contributed by atoms with Crippen LogP contribution in [-0.2, 0) is 16.1 Å². The molecule has 3 aromatic rings. The molecule has 1 heterocycles. The van der Waals surface area contributed by atoms with Gasteiger partial charge in [0.2, 0.25) is 11.8 Å². The number of hydrogen-bond acceptors (Lipinski definition) is 6. The Balaban J connectivity index is 1.58. The molecule has 9 heteroatoms. The van der Waals surface area contributed by atoms with Crippen molar-refractivity contribution in [1.82, 2.24) is 20.1 Å². The number of hydrogen-bond donors (Lipinski definition) is 2. The monoisotopic (exact) mass is 425 g/mol. The van der Waals surface area contributed by atoms with Crippen LogP contribution >= 0.6 is 11.8 Å². The summed E-state index contributed by atoms with van der Waals surface area (Å²) >= 11 is 1.32. The lowest BCUT2D eigenvalue weighted by molar-refractivity contribution is -0.118. The minimum Gasteiger partial charge on any atom is -0.497 e. The van der Waals surface area contributed by atoms with Crippen molar-refractivity contribution in [3.63, 3.8) is 0 Å². The lowest BCUT2D eigenvalue weighted by atomic mass is 10.2. The zero-order chi connectivity index (χ0) is 21.5. The van der Waals surface area contributed by atoms with Gasteiger partial charge in [0, 0.05) is 24.8 Å². The van der Waals surface area contributed by atoms with E-state index in [1.54, 1.807) is 13.2 Å². The van der Waals surface area contributed by atoms with E-state index in [4.69, 9.17) is 4.74 Å². The first-order chi connectivity index (χ1) is 14.5. The number of nitrogens with zero attached hydrogens (tertiary/aromatic N) is 3. The molecule has 2 N–H and O–H groups in total. The average molecular weight is 426 g/mol. The molecule has 1 aromatic heterocycles. The maximum absolute atomic E-state index is 12.3. The van der Waals surface area contributed by atoms with Crippen LogP contribution in [-0.4, -0.2) is 39.4 Å². The standard InChI is InChI=1S/C21H23N5O3S/c1-14-24-25-21(26(14)18-7-9-19(29-3)10-8-18)30-13-20(28)22-12-16-5-4-6-17(11-16)23-15(2)27/h4-11H,12-13H2,1-3H3,(H,22,28)(H,23,27). The van der Waals surface area contributed by atoms with Crippen molar-refractivity contribution < 1.29 is 14.3 Å². The SMILES string of the molecule is COc1ccc(-n2c(C)nnc2SCC(=O)NCc2cccc(NC(C)=O)c2)cc1. The summed E-state index contributed by atoms with van der Waals surface area (Å²) in [5.41, 5.74) is 2.50. The van der Waals surface area contributed by atoms with Crippen LogP contribution in [0.2, 0.25) is 0 Å². The van der Waals surface area contributed by atoms with Gasteiger partial charge >= 0.3 is 0 Å². The molecule has 3 rings (SSSR count). The van der Waals surface area contributed by atoms with E-state index in [0.717, 1.165) is 22.8 Å². The molecule has 156 valence electrons. The zero-order valence-corrected chi connectivity index (χ0v) is 17.8. The smallest absolute Gasteiger partial charge is 0.230 e. The number of nitrogens with one attached hydrogen (secondary N) is 2. The van der Waals surface area contributed by atoms with Crippen molar-refractivity contribution >= 4 is 29.3 Å². The van der Waals surface area contributed by atoms with E-state index in [1.807, 2.05) is 54.0 Å². The predicted octanol–water partition coefficient (Wildman–Crippen LogP) is 2.95. The van der Waals surface area contributed by atoms with Gasteiger partial charge in [-0.2, -0.15) is 0 Å². The highest BCUT2D eigenvalue weighted by Gasteiger charge is 2.13. The van der Waals surface area contributed by atoms with Crippen molar-refractivity contribution in [2.75, 3.05) is 18.2 Å². The van der Waals surface area contributed by atoms with E-state index in [2.05, 4.69) is 20.8 Å². The first-order valence-electron chi connectivity index (χ1n) is 9.28. The van der Waals surface area contributed by atoms with Crippen LogP contribution in [0.1, 0.15) is 18.3 Å². The van der Waals surface area contributed by atoms with Crippen molar-refractivity contribution in [3.05, 3.63) is 59.9 Å². The summed E-state index contributed by atoms with van der Waals surface area (Å²) in [4.78, 5) is 23.5. The van der Waals surface area contributed by atoms with Gasteiger partial charge in [-0.25, -0.2) is 0 Å². The van der Waals surface area contributed by atoms with Crippen LogP contribution in [0, 0.1) is 6.92 Å². The highest BCUT2D eigenvalue weighted by atomic mass is 32.2. The number of anilines is 1. The average Bonchev–Trinajstić information content (AvgIpc) is 3.11. The summed E-state index contributed by atoms with van der Waals surface area (Å²) in [5.74, 6) is 1.45. The second-order valence-corrected chi connectivity index (χ2v) is 7.45. The molecule has 0 saturated heterocycles. The third-order valence-corrected chi connectivity index (χ3v) is 5.12. The number of carbonyl (C=O) groups excluding carboxylic acids is 2. The van der Waals surface area contributed by atoms with Gasteiger partial charge in [-0.1, -0.05) is 23.9 Å². The molecule has 0 atom stereocenters. The summed E-state index contributed by atoms with van der Waals surface area (Å²) in [6.45, 7) is 3.69. The third-order valence-electron chi connectivity index (χ3n) is 4.20. The Morgan fingerprint density at radius 2 is 1.90 bits per heavy atom. The Labute approximate surface area is 179 Å². The molecule has 0 radical (unpaired) electrons. The summed E-state index contributed by atoms with van der Waals surface area (Å²) in [6, 6.07) is 14.9. The molecule has 0 bridgehead atoms. The Morgan fingerprint density at radius 1 is 1.13 bits per heavy atom. The van der Waals surface area contributed by atoms with E-state index in [9.17, 15) is 9.59 Å². The lowest BCUT2D eigenvalue weighted by Gasteiger charge is -2.10. The van der Waals surface area contributed by atoms with E-state index in [-0.39, 0.29) is 17.6 Å². The van der Waals surface area contributed by atoms with Crippen LogP contribution in [0.4, 0.5) is 5.69 Å². The summed E-state index contributed by atoms with van der Waals surface area (Å²) in [5, 5.41) is 14.6. The van der Waals surface area contributed by atoms with Crippen molar-refractivity contribution in [2.24, 2.45) is 0 Å². The van der Waals surface area contributed by atoms with E-state index < -0.39 is 0 Å². The van der Waals surface area contributed by atoms with Crippen LogP contribution in [0.15, 0.2) is 53.7 Å². The number of aryl methyl sites for hydroxylation is 1. The molecule has 0 spiro atoms. The first-order valence-corrected chi connectivity index (χ1v) is 10.3. The molecule has 0 aliphatic rings. The molecule has 0 unspecified atom stereocenters. The summed E-state index contributed by atoms with van der Waals surface area (Å²) in [7, 11) is 1.62. The van der Waals surface area contributed by atoms with Crippen LogP contribution in [0.3, 0.4) is 0 Å². The second-order valence-electron chi connectivity index (χ2n) is 6.51. The molecular weight excluding hydrogens is 402 g/mol. The van der Waals surface area contributed by atoms with Gasteiger partial charge < -0.3 is 15.4 Å². The quantitative estimate of drug-likeness (QED) is 0.539. The fourth-order valence-corrected chi connectivity index (χ4v) is 3.64. The number of benzene rings is 2. The van der Waals surface area contributed by atoms with Crippen molar-refractivity contribution in [2.45, 2.75) is 25.5 Å². The van der Waals surface area contributed by atoms with Crippen molar-refractivity contribution in [3.8, 4) is 11.4 Å². The predicted molar refractivity (Wildman–Crippen MR) is 116 cm³/mol. The highest BCUT2D eigenvalue weighted by molar-refractivity contribution is 7.99. The van der Waals surface area contributed by atoms with Crippen molar-refractivity contribution in [1.29, 1.82) is 0 Å². The number of ether oxygens (including phenoxy) is 1. The van der Waals surface area contributed by atoms with Gasteiger partial charge in [0.15, 0.2) is 5.16 Å². The Kier molecular flexibility index (Phi) is 7.08. The third kappa shape index (κ3) is 5.60. The van der Waals surface area contributed by atoms with Gasteiger partial charge in [0.1, 0.15) is 11.6 Å². The molecule has 2 aromatic carbocycles. The minimum absolute atomic E-state index is 0.119. The van der Waals surface area contributed by atoms with Gasteiger partial charge in [-0.15, -0.1) is 10.2 Å². The van der Waals surface area contributed by atoms with E-state index in [0.29, 0.717) is 17.4 Å². The topological polar surface area (TPSA) is 98.1 Å². The number of carbonyl (C=O) groups is 2. The molecular formula is C21H23N5O3S. The maximum Gasteiger partial charge on any atom is 0.230 e. The minimum atomic E-state index is -0.135. The lowest BCUT2D eigenvalue weighted by Crippen LogP contribution is -2.24. The molecule has 0 aliphatic heterocycles. The molecule has 8 nitrogen and oxygen atoms in total. The number of thioether (sulfide) groups is 1. The Hall–Kier alpha value is -3.33. The van der Waals surface area contributed by atoms with Crippen LogP contribution < -0.4 is 15.4 Å². The van der Waals surface area contributed by atoms with Gasteiger partial charge in [-0.05, 0) is 48.9 Å². The number of methoxy groups -OCH3 is 1. The molecule has 30 heavy (non-hydrogen) atoms. The second kappa shape index (κ2) is 9.93. The largest absolute Gasteiger partial charge is 0.497 e. The van der Waals surface area contributed by atoms with Gasteiger partial charge in [0.25, 0.3) is 0 Å². The van der Waals surface area contributed by atoms with E-state index in [1.165, 1.54) is 18.7 Å². The molecule has 2 amide bonds. The Bertz CT molecular complexity index is 1030. The highest BCUT2D eigenvalue weighted by Crippen LogP contribution is 2.23. The number of aromatic nitrogens is 3. The van der Waals surface area contributed by atoms with E-state index >= 15 is 0 Å². The maximum atomic E-state index is 12.3. The molecule has 0 saturated carbocycles. The first kappa shape index (κ1) is 21.4. The number of rotatable bonds is 8. The fourth-order valence-electron chi connectivity index (χ4n) is 2.81. The summed E-state index contributed by atoms with van der Waals surface area (Å²) in [6.07, 6.45) is 0. The molecule has 0 aliphatic carbocycles. The van der Waals surface area contributed by atoms with Crippen LogP contribution in [0.5, 0.6) is 5.75 Å². The van der Waals surface area contributed by atoms with Crippen LogP contribution in [0.25, 0.3) is 5.69 Å². The summed E-state index contributed by atoms with van der Waals surface area (Å²) < 4.78 is 7.09. The Morgan fingerprint density at radius 3 is 2.60 bits per heavy atom. The normalized spacial score (nSPS) is 10.5. The van der Waals surface area contributed by atoms with Gasteiger partial charge in [0.05, 0.1) is 12.9 Å². The zero-order valence-electron chi connectivity index (χ0n) is 17.0. The molecule has 0 fully saturated rings. The van der Waals surface area contributed by atoms with Gasteiger partial charge in [-0.3, -0.25) is 14.2 Å².